The van der Waals surface area contributed by atoms with Crippen molar-refractivity contribution in [2.45, 2.75) is 70.8 Å². The number of carbonyl (C=O) groups excluding carboxylic acids is 2. The fourth-order valence-corrected chi connectivity index (χ4v) is 6.59. The van der Waals surface area contributed by atoms with E-state index in [1.807, 2.05) is 6.08 Å². The van der Waals surface area contributed by atoms with Crippen molar-refractivity contribution >= 4 is 11.6 Å². The molecule has 4 aliphatic rings. The quantitative estimate of drug-likeness (QED) is 0.764. The van der Waals surface area contributed by atoms with Crippen LogP contribution in [0.4, 0.5) is 0 Å². The highest BCUT2D eigenvalue weighted by atomic mass is 16.5. The summed E-state index contributed by atoms with van der Waals surface area (Å²) in [5, 5.41) is 0. The second kappa shape index (κ2) is 5.39. The summed E-state index contributed by atoms with van der Waals surface area (Å²) >= 11 is 0. The van der Waals surface area contributed by atoms with Crippen LogP contribution in [0.25, 0.3) is 0 Å². The summed E-state index contributed by atoms with van der Waals surface area (Å²) in [6.45, 7) is 4.01. The van der Waals surface area contributed by atoms with Gasteiger partial charge in [-0.25, -0.2) is 0 Å². The van der Waals surface area contributed by atoms with E-state index in [2.05, 4.69) is 6.92 Å². The second-order valence-electron chi connectivity index (χ2n) is 8.43. The minimum atomic E-state index is -0.591. The maximum atomic E-state index is 12.5. The second-order valence-corrected chi connectivity index (χ2v) is 8.43. The van der Waals surface area contributed by atoms with E-state index < -0.39 is 5.60 Å². The van der Waals surface area contributed by atoms with Crippen molar-refractivity contribution < 1.29 is 14.3 Å². The molecule has 3 heteroatoms. The average molecular weight is 328 g/mol. The highest BCUT2D eigenvalue weighted by Gasteiger charge is 2.63. The number of hydrogen-bond acceptors (Lipinski definition) is 3. The molecule has 0 aromatic heterocycles. The Morgan fingerprint density at radius 3 is 2.67 bits per heavy atom. The average Bonchev–Trinajstić information content (AvgIpc) is 2.87. The summed E-state index contributed by atoms with van der Waals surface area (Å²) in [7, 11) is 1.72. The normalized spacial score (nSPS) is 41.5. The van der Waals surface area contributed by atoms with Gasteiger partial charge in [0.2, 0.25) is 0 Å². The van der Waals surface area contributed by atoms with Gasteiger partial charge >= 0.3 is 0 Å². The zero-order valence-corrected chi connectivity index (χ0v) is 15.1. The number of allylic oxidation sites excluding steroid dienone is 4. The smallest absolute Gasteiger partial charge is 0.162 e. The van der Waals surface area contributed by atoms with E-state index in [0.717, 1.165) is 44.9 Å². The van der Waals surface area contributed by atoms with Crippen molar-refractivity contribution in [2.24, 2.45) is 17.3 Å². The van der Waals surface area contributed by atoms with Crippen LogP contribution in [0.3, 0.4) is 0 Å². The lowest BCUT2D eigenvalue weighted by atomic mass is 9.54. The molecule has 2 unspecified atom stereocenters. The zero-order valence-electron chi connectivity index (χ0n) is 15.1. The molecular formula is C21H28O3. The molecule has 4 rings (SSSR count). The molecule has 0 N–H and O–H groups in total. The first kappa shape index (κ1) is 16.3. The largest absolute Gasteiger partial charge is 0.370 e. The van der Waals surface area contributed by atoms with Crippen LogP contribution in [0, 0.1) is 17.3 Å². The van der Waals surface area contributed by atoms with Crippen LogP contribution >= 0.6 is 0 Å². The number of Topliss-reactive ketones (excluding diaryl/α,β-unsaturated/α-hetero) is 1. The molecule has 4 aliphatic carbocycles. The van der Waals surface area contributed by atoms with Crippen LogP contribution in [0.2, 0.25) is 0 Å². The van der Waals surface area contributed by atoms with Crippen LogP contribution in [0.15, 0.2) is 22.8 Å². The van der Waals surface area contributed by atoms with Crippen molar-refractivity contribution in [3.05, 3.63) is 22.8 Å². The van der Waals surface area contributed by atoms with E-state index in [0.29, 0.717) is 24.0 Å². The molecule has 2 fully saturated rings. The van der Waals surface area contributed by atoms with Crippen LogP contribution < -0.4 is 0 Å². The van der Waals surface area contributed by atoms with Crippen LogP contribution in [-0.2, 0) is 14.3 Å². The molecule has 2 saturated carbocycles. The Morgan fingerprint density at radius 2 is 1.96 bits per heavy atom. The Hall–Kier alpha value is -1.22. The fraction of sp³-hybridized carbons (Fsp3) is 0.714. The third-order valence-corrected chi connectivity index (χ3v) is 7.77. The first-order valence-electron chi connectivity index (χ1n) is 9.45. The lowest BCUT2D eigenvalue weighted by molar-refractivity contribution is -0.159. The van der Waals surface area contributed by atoms with Crippen molar-refractivity contribution in [1.82, 2.24) is 0 Å². The number of rotatable bonds is 2. The Bertz CT molecular complexity index is 671. The van der Waals surface area contributed by atoms with E-state index in [-0.39, 0.29) is 11.2 Å². The maximum absolute atomic E-state index is 12.5. The standard InChI is InChI=1S/C21H28O3/c1-13(22)21(24-3)11-9-19-18-6-4-14-12-15(23)5-7-16(14)17(18)8-10-20(19,21)2/h12,18-19H,4-11H2,1-3H3/t18?,19?,20-,21-/m0/s1. The Kier molecular flexibility index (Phi) is 3.65. The lowest BCUT2D eigenvalue weighted by Gasteiger charge is -2.52. The van der Waals surface area contributed by atoms with Crippen molar-refractivity contribution in [1.29, 1.82) is 0 Å². The Balaban J connectivity index is 1.75. The number of fused-ring (bicyclic) bond motifs is 4. The minimum Gasteiger partial charge on any atom is -0.370 e. The summed E-state index contributed by atoms with van der Waals surface area (Å²) < 4.78 is 5.91. The van der Waals surface area contributed by atoms with Crippen LogP contribution in [0.1, 0.15) is 65.2 Å². The van der Waals surface area contributed by atoms with E-state index >= 15 is 0 Å². The van der Waals surface area contributed by atoms with Gasteiger partial charge in [-0.1, -0.05) is 12.5 Å². The first-order chi connectivity index (χ1) is 11.4. The summed E-state index contributed by atoms with van der Waals surface area (Å²) in [5.41, 5.74) is 3.77. The summed E-state index contributed by atoms with van der Waals surface area (Å²) in [4.78, 5) is 24.3. The van der Waals surface area contributed by atoms with Gasteiger partial charge in [0.15, 0.2) is 11.6 Å². The highest BCUT2D eigenvalue weighted by molar-refractivity contribution is 5.93. The van der Waals surface area contributed by atoms with E-state index in [9.17, 15) is 9.59 Å². The maximum Gasteiger partial charge on any atom is 0.162 e. The van der Waals surface area contributed by atoms with Crippen molar-refractivity contribution in [3.63, 3.8) is 0 Å². The van der Waals surface area contributed by atoms with Gasteiger partial charge in [-0.05, 0) is 80.9 Å². The number of carbonyl (C=O) groups is 2. The molecule has 0 amide bonds. The third-order valence-electron chi connectivity index (χ3n) is 7.77. The SMILES string of the molecule is CO[C@]1(C(C)=O)CCC2C3CCC4=CC(=O)CCC4=C3CC[C@@]21C. The summed E-state index contributed by atoms with van der Waals surface area (Å²) in [5.74, 6) is 1.62. The van der Waals surface area contributed by atoms with Gasteiger partial charge in [0.1, 0.15) is 5.60 Å². The molecule has 0 aromatic carbocycles. The predicted octanol–water partition coefficient (Wildman–Crippen LogP) is 4.17. The molecule has 3 nitrogen and oxygen atoms in total. The molecule has 130 valence electrons. The molecule has 0 spiro atoms. The van der Waals surface area contributed by atoms with Crippen LogP contribution in [-0.4, -0.2) is 24.3 Å². The Labute approximate surface area is 144 Å². The molecule has 0 radical (unpaired) electrons. The molecule has 0 aromatic rings. The number of methoxy groups -OCH3 is 1. The molecular weight excluding hydrogens is 300 g/mol. The summed E-state index contributed by atoms with van der Waals surface area (Å²) in [6.07, 6.45) is 9.72. The first-order valence-corrected chi connectivity index (χ1v) is 9.45. The number of ether oxygens (including phenoxy) is 1. The third kappa shape index (κ3) is 1.94. The molecule has 24 heavy (non-hydrogen) atoms. The lowest BCUT2D eigenvalue weighted by Crippen LogP contribution is -2.54. The van der Waals surface area contributed by atoms with Crippen molar-refractivity contribution in [2.75, 3.05) is 7.11 Å². The van der Waals surface area contributed by atoms with E-state index in [1.165, 1.54) is 11.1 Å². The predicted molar refractivity (Wildman–Crippen MR) is 92.6 cm³/mol. The minimum absolute atomic E-state index is 0.0476. The zero-order chi connectivity index (χ0) is 17.1. The topological polar surface area (TPSA) is 43.4 Å². The monoisotopic (exact) mass is 328 g/mol. The Morgan fingerprint density at radius 1 is 1.17 bits per heavy atom. The molecule has 4 atom stereocenters. The summed E-state index contributed by atoms with van der Waals surface area (Å²) in [6, 6.07) is 0. The van der Waals surface area contributed by atoms with Gasteiger partial charge in [0.25, 0.3) is 0 Å². The molecule has 0 bridgehead atoms. The van der Waals surface area contributed by atoms with Gasteiger partial charge in [-0.3, -0.25) is 9.59 Å². The van der Waals surface area contributed by atoms with Crippen molar-refractivity contribution in [3.8, 4) is 0 Å². The van der Waals surface area contributed by atoms with E-state index in [1.54, 1.807) is 19.6 Å². The van der Waals surface area contributed by atoms with Gasteiger partial charge in [0.05, 0.1) is 0 Å². The fourth-order valence-electron chi connectivity index (χ4n) is 6.59. The molecule has 0 saturated heterocycles. The van der Waals surface area contributed by atoms with Crippen LogP contribution in [0.5, 0.6) is 0 Å². The molecule has 0 aliphatic heterocycles. The highest BCUT2D eigenvalue weighted by Crippen LogP contribution is 2.64. The van der Waals surface area contributed by atoms with Gasteiger partial charge in [-0.2, -0.15) is 0 Å². The van der Waals surface area contributed by atoms with Gasteiger partial charge in [-0.15, -0.1) is 0 Å². The number of hydrogen-bond donors (Lipinski definition) is 0. The van der Waals surface area contributed by atoms with Gasteiger partial charge in [0, 0.05) is 18.9 Å². The van der Waals surface area contributed by atoms with E-state index in [4.69, 9.17) is 4.74 Å². The molecule has 0 heterocycles. The number of ketones is 2. The van der Waals surface area contributed by atoms with Gasteiger partial charge < -0.3 is 4.74 Å².